The number of hydrogen-bond donors (Lipinski definition) is 0. The van der Waals surface area contributed by atoms with Crippen molar-refractivity contribution in [2.45, 2.75) is 0 Å². The minimum atomic E-state index is 1.37. The van der Waals surface area contributed by atoms with Crippen molar-refractivity contribution in [2.24, 2.45) is 0 Å². The predicted octanol–water partition coefficient (Wildman–Crippen LogP) is -0.726. The van der Waals surface area contributed by atoms with Gasteiger partial charge in [-0.2, -0.15) is 0 Å². The first-order valence-corrected chi connectivity index (χ1v) is 2.83. The third-order valence-corrected chi connectivity index (χ3v) is 1.43. The molecule has 2 heteroatoms. The van der Waals surface area contributed by atoms with Crippen molar-refractivity contribution in [2.75, 3.05) is 0 Å². The summed E-state index contributed by atoms with van der Waals surface area (Å²) in [6.45, 7) is 0. The summed E-state index contributed by atoms with van der Waals surface area (Å²) in [5.74, 6) is 0. The van der Waals surface area contributed by atoms with E-state index < -0.39 is 0 Å². The van der Waals surface area contributed by atoms with E-state index in [0.29, 0.717) is 0 Å². The maximum atomic E-state index is 2.12. The zero-order valence-corrected chi connectivity index (χ0v) is 5.31. The summed E-state index contributed by atoms with van der Waals surface area (Å²) in [5.41, 5.74) is 0. The van der Waals surface area contributed by atoms with Gasteiger partial charge in [-0.25, -0.2) is 0 Å². The normalized spacial score (nSPS) is 9.50. The van der Waals surface area contributed by atoms with E-state index in [1.54, 1.807) is 0 Å². The SMILES string of the molecule is [Li][c]1cccc[c]1[Li]. The van der Waals surface area contributed by atoms with Gasteiger partial charge in [-0.15, -0.1) is 0 Å². The van der Waals surface area contributed by atoms with Gasteiger partial charge in [0.1, 0.15) is 0 Å². The average Bonchev–Trinajstić information content (AvgIpc) is 1.77. The Morgan fingerprint density at radius 2 is 1.25 bits per heavy atom. The molecular weight excluding hydrogens is 85.9 g/mol. The van der Waals surface area contributed by atoms with Crippen LogP contribution in [0.25, 0.3) is 0 Å². The van der Waals surface area contributed by atoms with E-state index >= 15 is 0 Å². The standard InChI is InChI=1S/C6H4.2Li/c1-2-4-6-5-3-1;;/h1-4H;;. The Kier molecular flexibility index (Phi) is 2.30. The van der Waals surface area contributed by atoms with Gasteiger partial charge in [0.15, 0.2) is 0 Å². The third-order valence-electron chi connectivity index (χ3n) is 1.43. The fourth-order valence-electron chi connectivity index (χ4n) is 0.663. The van der Waals surface area contributed by atoms with Crippen molar-refractivity contribution in [3.8, 4) is 0 Å². The van der Waals surface area contributed by atoms with Crippen LogP contribution in [0.2, 0.25) is 0 Å². The predicted molar refractivity (Wildman–Crippen MR) is 37.2 cm³/mol. The maximum absolute atomic E-state index is 2.12. The second kappa shape index (κ2) is 2.81. The first-order chi connectivity index (χ1) is 3.80. The molecule has 0 spiro atoms. The zero-order chi connectivity index (χ0) is 5.98. The van der Waals surface area contributed by atoms with Gasteiger partial charge in [-0.05, 0) is 0 Å². The molecule has 0 bridgehead atoms. The van der Waals surface area contributed by atoms with Crippen LogP contribution in [-0.4, -0.2) is 35.4 Å². The summed E-state index contributed by atoms with van der Waals surface area (Å²) in [6.07, 6.45) is 0. The summed E-state index contributed by atoms with van der Waals surface area (Å²) in [7, 11) is 0. The molecule has 0 unspecified atom stereocenters. The van der Waals surface area contributed by atoms with Crippen LogP contribution in [-0.2, 0) is 0 Å². The molecule has 8 heavy (non-hydrogen) atoms. The fraction of sp³-hybridized carbons (Fsp3) is 0. The Hall–Kier alpha value is 0.415. The van der Waals surface area contributed by atoms with Gasteiger partial charge in [0.2, 0.25) is 0 Å². The van der Waals surface area contributed by atoms with Crippen molar-refractivity contribution >= 4 is 43.9 Å². The molecule has 1 rings (SSSR count). The van der Waals surface area contributed by atoms with E-state index in [4.69, 9.17) is 0 Å². The molecular formula is C6H4Li2. The van der Waals surface area contributed by atoms with Crippen molar-refractivity contribution in [1.82, 2.24) is 0 Å². The van der Waals surface area contributed by atoms with Gasteiger partial charge in [0, 0.05) is 0 Å². The Bertz CT molecular complexity index is 163. The monoisotopic (exact) mass is 90.1 g/mol. The molecule has 0 fully saturated rings. The van der Waals surface area contributed by atoms with E-state index in [9.17, 15) is 0 Å². The quantitative estimate of drug-likeness (QED) is 0.368. The van der Waals surface area contributed by atoms with Crippen LogP contribution in [0.3, 0.4) is 0 Å². The van der Waals surface area contributed by atoms with E-state index in [-0.39, 0.29) is 0 Å². The van der Waals surface area contributed by atoms with E-state index in [1.807, 2.05) is 0 Å². The first kappa shape index (κ1) is 6.53. The number of hydrogen-bond acceptors (Lipinski definition) is 0. The van der Waals surface area contributed by atoms with Gasteiger partial charge in [0.05, 0.1) is 0 Å². The molecule has 0 amide bonds. The van der Waals surface area contributed by atoms with Crippen LogP contribution < -0.4 is 8.47 Å². The molecule has 0 aliphatic carbocycles. The van der Waals surface area contributed by atoms with Crippen LogP contribution in [0, 0.1) is 0 Å². The van der Waals surface area contributed by atoms with Gasteiger partial charge in [0.25, 0.3) is 0 Å². The fourth-order valence-corrected chi connectivity index (χ4v) is 0.663. The van der Waals surface area contributed by atoms with Crippen molar-refractivity contribution in [3.05, 3.63) is 24.3 Å². The Labute approximate surface area is 68.1 Å². The zero-order valence-electron chi connectivity index (χ0n) is 5.31. The van der Waals surface area contributed by atoms with Gasteiger partial charge < -0.3 is 0 Å². The second-order valence-electron chi connectivity index (χ2n) is 2.08. The van der Waals surface area contributed by atoms with Crippen LogP contribution >= 0.6 is 0 Å². The van der Waals surface area contributed by atoms with Crippen molar-refractivity contribution in [1.29, 1.82) is 0 Å². The van der Waals surface area contributed by atoms with Crippen molar-refractivity contribution in [3.63, 3.8) is 0 Å². The van der Waals surface area contributed by atoms with Gasteiger partial charge in [-0.3, -0.25) is 0 Å². The molecule has 0 heterocycles. The van der Waals surface area contributed by atoms with Gasteiger partial charge >= 0.3 is 68.2 Å². The molecule has 1 aromatic carbocycles. The van der Waals surface area contributed by atoms with Crippen LogP contribution in [0.5, 0.6) is 0 Å². The van der Waals surface area contributed by atoms with E-state index in [2.05, 4.69) is 59.7 Å². The van der Waals surface area contributed by atoms with Crippen molar-refractivity contribution < 1.29 is 0 Å². The molecule has 0 radical (unpaired) electrons. The summed E-state index contributed by atoms with van der Waals surface area (Å²) >= 11 is 4.24. The second-order valence-corrected chi connectivity index (χ2v) is 2.08. The Morgan fingerprint density at radius 1 is 0.875 bits per heavy atom. The molecule has 0 nitrogen and oxygen atoms in total. The summed E-state index contributed by atoms with van der Waals surface area (Å²) in [5, 5.41) is 0. The molecule has 0 atom stereocenters. The third kappa shape index (κ3) is 1.44. The van der Waals surface area contributed by atoms with E-state index in [0.717, 1.165) is 0 Å². The first-order valence-electron chi connectivity index (χ1n) is 2.83. The van der Waals surface area contributed by atoms with Crippen LogP contribution in [0.4, 0.5) is 0 Å². The molecule has 1 aromatic rings. The molecule has 30 valence electrons. The molecule has 0 N–H and O–H groups in total. The van der Waals surface area contributed by atoms with Crippen LogP contribution in [0.1, 0.15) is 0 Å². The Morgan fingerprint density at radius 3 is 1.50 bits per heavy atom. The number of rotatable bonds is 0. The summed E-state index contributed by atoms with van der Waals surface area (Å²) in [6, 6.07) is 8.36. The summed E-state index contributed by atoms with van der Waals surface area (Å²) in [4.78, 5) is 0. The van der Waals surface area contributed by atoms with Crippen LogP contribution in [0.15, 0.2) is 24.3 Å². The molecule has 0 saturated carbocycles. The molecule has 0 aliphatic rings. The van der Waals surface area contributed by atoms with E-state index in [1.165, 1.54) is 8.47 Å². The summed E-state index contributed by atoms with van der Waals surface area (Å²) < 4.78 is 2.74. The number of benzene rings is 1. The van der Waals surface area contributed by atoms with Gasteiger partial charge in [-0.1, -0.05) is 0 Å². The molecule has 0 saturated heterocycles. The molecule has 0 aromatic heterocycles. The topological polar surface area (TPSA) is 0 Å². The Balaban J connectivity index is 3.13. The molecule has 0 aliphatic heterocycles. The average molecular weight is 90.0 g/mol. The minimum absolute atomic E-state index is 1.37.